The molecule has 1 aliphatic heterocycles. The molecule has 1 N–H and O–H groups in total. The van der Waals surface area contributed by atoms with Crippen molar-refractivity contribution in [1.29, 1.82) is 0 Å². The molecule has 1 unspecified atom stereocenters. The van der Waals surface area contributed by atoms with Crippen LogP contribution in [0, 0.1) is 5.92 Å². The molecule has 0 aromatic heterocycles. The van der Waals surface area contributed by atoms with Gasteiger partial charge in [0.25, 0.3) is 9.05 Å². The Morgan fingerprint density at radius 1 is 1.14 bits per heavy atom. The summed E-state index contributed by atoms with van der Waals surface area (Å²) in [6.07, 6.45) is 1.66. The van der Waals surface area contributed by atoms with E-state index in [2.05, 4.69) is 4.72 Å². The minimum Gasteiger partial charge on any atom is -0.381 e. The van der Waals surface area contributed by atoms with Crippen molar-refractivity contribution in [3.8, 4) is 0 Å². The first-order valence-corrected chi connectivity index (χ1v) is 10.2. The van der Waals surface area contributed by atoms with Crippen LogP contribution in [0.5, 0.6) is 0 Å². The zero-order chi connectivity index (χ0) is 15.5. The largest absolute Gasteiger partial charge is 0.381 e. The molecule has 118 valence electrons. The minimum atomic E-state index is -3.85. The molecule has 21 heavy (non-hydrogen) atoms. The predicted molar refractivity (Wildman–Crippen MR) is 78.2 cm³/mol. The number of hydrogen-bond acceptors (Lipinski definition) is 5. The Kier molecular flexibility index (Phi) is 5.26. The van der Waals surface area contributed by atoms with Crippen LogP contribution in [0.4, 0.5) is 0 Å². The molecule has 0 radical (unpaired) electrons. The van der Waals surface area contributed by atoms with Gasteiger partial charge in [0, 0.05) is 30.4 Å². The van der Waals surface area contributed by atoms with Gasteiger partial charge in [0.15, 0.2) is 0 Å². The van der Waals surface area contributed by atoms with E-state index in [1.54, 1.807) is 0 Å². The van der Waals surface area contributed by atoms with Gasteiger partial charge in [-0.3, -0.25) is 0 Å². The van der Waals surface area contributed by atoms with E-state index in [0.29, 0.717) is 25.5 Å². The quantitative estimate of drug-likeness (QED) is 0.779. The van der Waals surface area contributed by atoms with Gasteiger partial charge in [-0.1, -0.05) is 0 Å². The highest BCUT2D eigenvalue weighted by molar-refractivity contribution is 8.13. The zero-order valence-electron chi connectivity index (χ0n) is 11.2. The summed E-state index contributed by atoms with van der Waals surface area (Å²) in [7, 11) is -2.32. The molecule has 0 bridgehead atoms. The van der Waals surface area contributed by atoms with E-state index >= 15 is 0 Å². The Bertz CT molecular complexity index is 679. The second kappa shape index (κ2) is 6.62. The Labute approximate surface area is 128 Å². The SMILES string of the molecule is O=S(=O)(Cl)c1ccc(S(=O)(=O)NCCC2CCOC2)cc1. The van der Waals surface area contributed by atoms with Gasteiger partial charge in [0.05, 0.1) is 9.79 Å². The fraction of sp³-hybridized carbons (Fsp3) is 0.500. The fourth-order valence-electron chi connectivity index (χ4n) is 2.07. The summed E-state index contributed by atoms with van der Waals surface area (Å²) in [5, 5.41) is 0. The second-order valence-corrected chi connectivity index (χ2v) is 9.16. The maximum absolute atomic E-state index is 12.0. The van der Waals surface area contributed by atoms with Crippen LogP contribution < -0.4 is 4.72 Å². The summed E-state index contributed by atoms with van der Waals surface area (Å²) < 4.78 is 54.0. The maximum atomic E-state index is 12.0. The monoisotopic (exact) mass is 353 g/mol. The summed E-state index contributed by atoms with van der Waals surface area (Å²) in [5.41, 5.74) is 0. The van der Waals surface area contributed by atoms with Crippen molar-refractivity contribution in [3.05, 3.63) is 24.3 Å². The molecule has 0 amide bonds. The lowest BCUT2D eigenvalue weighted by Crippen LogP contribution is -2.26. The number of halogens is 1. The van der Waals surface area contributed by atoms with Gasteiger partial charge >= 0.3 is 0 Å². The molecule has 1 aliphatic rings. The molecular weight excluding hydrogens is 338 g/mol. The highest BCUT2D eigenvalue weighted by Crippen LogP contribution is 2.18. The van der Waals surface area contributed by atoms with E-state index in [9.17, 15) is 16.8 Å². The molecule has 1 saturated heterocycles. The second-order valence-electron chi connectivity index (χ2n) is 4.83. The Morgan fingerprint density at radius 2 is 1.76 bits per heavy atom. The van der Waals surface area contributed by atoms with Gasteiger partial charge in [0.2, 0.25) is 10.0 Å². The normalized spacial score (nSPS) is 19.8. The van der Waals surface area contributed by atoms with Gasteiger partial charge < -0.3 is 4.74 Å². The third-order valence-corrected chi connectivity index (χ3v) is 6.13. The molecule has 0 spiro atoms. The first-order valence-electron chi connectivity index (χ1n) is 6.41. The lowest BCUT2D eigenvalue weighted by molar-refractivity contribution is 0.184. The Hall–Kier alpha value is -0.670. The van der Waals surface area contributed by atoms with Crippen LogP contribution in [0.1, 0.15) is 12.8 Å². The number of hydrogen-bond donors (Lipinski definition) is 1. The third-order valence-electron chi connectivity index (χ3n) is 3.28. The molecule has 1 fully saturated rings. The van der Waals surface area contributed by atoms with Crippen LogP contribution in [-0.4, -0.2) is 36.6 Å². The Balaban J connectivity index is 1.98. The van der Waals surface area contributed by atoms with Gasteiger partial charge in [-0.25, -0.2) is 21.6 Å². The number of nitrogens with one attached hydrogen (secondary N) is 1. The summed E-state index contributed by atoms with van der Waals surface area (Å²) in [6.45, 7) is 1.72. The van der Waals surface area contributed by atoms with E-state index < -0.39 is 19.1 Å². The molecule has 6 nitrogen and oxygen atoms in total. The summed E-state index contributed by atoms with van der Waals surface area (Å²) in [4.78, 5) is -0.125. The van der Waals surface area contributed by atoms with Crippen LogP contribution in [0.3, 0.4) is 0 Å². The predicted octanol–water partition coefficient (Wildman–Crippen LogP) is 1.32. The van der Waals surface area contributed by atoms with Crippen molar-refractivity contribution >= 4 is 29.8 Å². The molecule has 0 saturated carbocycles. The van der Waals surface area contributed by atoms with Crippen molar-refractivity contribution in [2.75, 3.05) is 19.8 Å². The number of sulfonamides is 1. The van der Waals surface area contributed by atoms with Crippen molar-refractivity contribution < 1.29 is 21.6 Å². The lowest BCUT2D eigenvalue weighted by atomic mass is 10.1. The minimum absolute atomic E-state index is 0.00855. The lowest BCUT2D eigenvalue weighted by Gasteiger charge is -2.09. The van der Waals surface area contributed by atoms with E-state index in [1.165, 1.54) is 24.3 Å². The number of ether oxygens (including phenoxy) is 1. The van der Waals surface area contributed by atoms with Crippen LogP contribution >= 0.6 is 10.7 Å². The van der Waals surface area contributed by atoms with E-state index in [-0.39, 0.29) is 9.79 Å². The van der Waals surface area contributed by atoms with Gasteiger partial charge in [-0.05, 0) is 43.0 Å². The van der Waals surface area contributed by atoms with Crippen molar-refractivity contribution in [1.82, 2.24) is 4.72 Å². The first kappa shape index (κ1) is 16.7. The van der Waals surface area contributed by atoms with Gasteiger partial charge in [0.1, 0.15) is 0 Å². The number of rotatable bonds is 6. The molecule has 2 rings (SSSR count). The topological polar surface area (TPSA) is 89.5 Å². The summed E-state index contributed by atoms with van der Waals surface area (Å²) >= 11 is 0. The average molecular weight is 354 g/mol. The molecule has 1 aromatic carbocycles. The van der Waals surface area contributed by atoms with Crippen LogP contribution in [-0.2, 0) is 23.8 Å². The van der Waals surface area contributed by atoms with Crippen molar-refractivity contribution in [2.24, 2.45) is 5.92 Å². The molecular formula is C12H16ClNO5S2. The highest BCUT2D eigenvalue weighted by Gasteiger charge is 2.19. The smallest absolute Gasteiger partial charge is 0.261 e. The molecule has 9 heteroatoms. The van der Waals surface area contributed by atoms with Crippen LogP contribution in [0.2, 0.25) is 0 Å². The molecule has 0 aliphatic carbocycles. The molecule has 1 aromatic rings. The van der Waals surface area contributed by atoms with E-state index in [0.717, 1.165) is 13.0 Å². The fourth-order valence-corrected chi connectivity index (χ4v) is 3.89. The maximum Gasteiger partial charge on any atom is 0.261 e. The number of benzene rings is 1. The van der Waals surface area contributed by atoms with E-state index in [4.69, 9.17) is 15.4 Å². The molecule has 1 heterocycles. The Morgan fingerprint density at radius 3 is 2.29 bits per heavy atom. The van der Waals surface area contributed by atoms with Crippen molar-refractivity contribution in [2.45, 2.75) is 22.6 Å². The van der Waals surface area contributed by atoms with Crippen molar-refractivity contribution in [3.63, 3.8) is 0 Å². The van der Waals surface area contributed by atoms with Crippen LogP contribution in [0.25, 0.3) is 0 Å². The third kappa shape index (κ3) is 4.65. The summed E-state index contributed by atoms with van der Waals surface area (Å²) in [5.74, 6) is 0.386. The molecule has 1 atom stereocenters. The summed E-state index contributed by atoms with van der Waals surface area (Å²) in [6, 6.07) is 4.77. The van der Waals surface area contributed by atoms with Gasteiger partial charge in [-0.15, -0.1) is 0 Å². The van der Waals surface area contributed by atoms with Gasteiger partial charge in [-0.2, -0.15) is 0 Å². The average Bonchev–Trinajstić information content (AvgIpc) is 2.91. The standard InChI is InChI=1S/C12H16ClNO5S2/c13-20(15,16)11-1-3-12(4-2-11)21(17,18)14-7-5-10-6-8-19-9-10/h1-4,10,14H,5-9H2. The zero-order valence-corrected chi connectivity index (χ0v) is 13.5. The first-order chi connectivity index (χ1) is 9.79. The van der Waals surface area contributed by atoms with E-state index in [1.807, 2.05) is 0 Å². The highest BCUT2D eigenvalue weighted by atomic mass is 35.7. The van der Waals surface area contributed by atoms with Crippen LogP contribution in [0.15, 0.2) is 34.1 Å².